The molecule has 3 aromatic rings. The van der Waals surface area contributed by atoms with Crippen LogP contribution in [0.1, 0.15) is 16.1 Å². The normalized spacial score (nSPS) is 11.3. The fourth-order valence-corrected chi connectivity index (χ4v) is 2.09. The van der Waals surface area contributed by atoms with Crippen molar-refractivity contribution in [3.8, 4) is 0 Å². The van der Waals surface area contributed by atoms with Gasteiger partial charge in [0.1, 0.15) is 5.69 Å². The SMILES string of the molecule is O=C(NNc1ccccc1C(F)(F)F)c1cnc2ccccc2n1. The zero-order valence-electron chi connectivity index (χ0n) is 12.1. The maximum Gasteiger partial charge on any atom is 0.418 e. The van der Waals surface area contributed by atoms with Gasteiger partial charge in [0.2, 0.25) is 0 Å². The number of benzene rings is 2. The van der Waals surface area contributed by atoms with Gasteiger partial charge in [0.25, 0.3) is 5.91 Å². The number of hydrogen-bond acceptors (Lipinski definition) is 4. The van der Waals surface area contributed by atoms with E-state index in [0.29, 0.717) is 11.0 Å². The summed E-state index contributed by atoms with van der Waals surface area (Å²) in [5, 5.41) is 0. The minimum atomic E-state index is -4.53. The second-order valence-electron chi connectivity index (χ2n) is 4.87. The number of nitrogens with one attached hydrogen (secondary N) is 2. The lowest BCUT2D eigenvalue weighted by Crippen LogP contribution is -2.31. The van der Waals surface area contributed by atoms with Crippen molar-refractivity contribution < 1.29 is 18.0 Å². The van der Waals surface area contributed by atoms with Crippen molar-refractivity contribution >= 4 is 22.6 Å². The largest absolute Gasteiger partial charge is 0.418 e. The van der Waals surface area contributed by atoms with Crippen molar-refractivity contribution in [1.82, 2.24) is 15.4 Å². The van der Waals surface area contributed by atoms with E-state index >= 15 is 0 Å². The second-order valence-corrected chi connectivity index (χ2v) is 4.87. The van der Waals surface area contributed by atoms with Crippen LogP contribution in [0, 0.1) is 0 Å². The van der Waals surface area contributed by atoms with Crippen molar-refractivity contribution in [3.05, 3.63) is 66.0 Å². The highest BCUT2D eigenvalue weighted by atomic mass is 19.4. The number of alkyl halides is 3. The lowest BCUT2D eigenvalue weighted by Gasteiger charge is -2.14. The van der Waals surface area contributed by atoms with Crippen LogP contribution >= 0.6 is 0 Å². The molecule has 3 rings (SSSR count). The molecule has 0 unspecified atom stereocenters. The molecular weight excluding hydrogens is 321 g/mol. The molecule has 5 nitrogen and oxygen atoms in total. The number of nitrogens with zero attached hydrogens (tertiary/aromatic N) is 2. The van der Waals surface area contributed by atoms with Gasteiger partial charge in [0.05, 0.1) is 28.5 Å². The zero-order valence-corrected chi connectivity index (χ0v) is 12.1. The molecule has 24 heavy (non-hydrogen) atoms. The van der Waals surface area contributed by atoms with E-state index in [-0.39, 0.29) is 11.4 Å². The van der Waals surface area contributed by atoms with E-state index in [1.807, 2.05) is 0 Å². The van der Waals surface area contributed by atoms with Gasteiger partial charge in [-0.05, 0) is 24.3 Å². The van der Waals surface area contributed by atoms with E-state index in [2.05, 4.69) is 20.8 Å². The van der Waals surface area contributed by atoms with Gasteiger partial charge in [-0.15, -0.1) is 0 Å². The lowest BCUT2D eigenvalue weighted by molar-refractivity contribution is -0.137. The molecule has 1 aromatic heterocycles. The average Bonchev–Trinajstić information content (AvgIpc) is 2.58. The Kier molecular flexibility index (Phi) is 4.03. The summed E-state index contributed by atoms with van der Waals surface area (Å²) in [7, 11) is 0. The summed E-state index contributed by atoms with van der Waals surface area (Å²) in [6.45, 7) is 0. The fraction of sp³-hybridized carbons (Fsp3) is 0.0625. The first-order valence-corrected chi connectivity index (χ1v) is 6.89. The van der Waals surface area contributed by atoms with E-state index in [9.17, 15) is 18.0 Å². The Morgan fingerprint density at radius 3 is 2.38 bits per heavy atom. The fourth-order valence-electron chi connectivity index (χ4n) is 2.09. The van der Waals surface area contributed by atoms with Gasteiger partial charge in [0.15, 0.2) is 0 Å². The predicted molar refractivity (Wildman–Crippen MR) is 82.1 cm³/mol. The van der Waals surface area contributed by atoms with Crippen molar-refractivity contribution in [1.29, 1.82) is 0 Å². The van der Waals surface area contributed by atoms with Gasteiger partial charge in [-0.1, -0.05) is 24.3 Å². The van der Waals surface area contributed by atoms with Crippen LogP contribution in [0.2, 0.25) is 0 Å². The highest BCUT2D eigenvalue weighted by Gasteiger charge is 2.33. The number of amides is 1. The van der Waals surface area contributed by atoms with Crippen LogP contribution < -0.4 is 10.9 Å². The van der Waals surface area contributed by atoms with Crippen LogP contribution in [0.15, 0.2) is 54.7 Å². The molecule has 0 atom stereocenters. The van der Waals surface area contributed by atoms with E-state index in [1.54, 1.807) is 24.3 Å². The number of carbonyl (C=O) groups is 1. The Balaban J connectivity index is 1.78. The third-order valence-electron chi connectivity index (χ3n) is 3.22. The molecule has 0 aliphatic rings. The third kappa shape index (κ3) is 3.27. The summed E-state index contributed by atoms with van der Waals surface area (Å²) < 4.78 is 38.7. The molecule has 8 heteroatoms. The molecule has 0 aliphatic heterocycles. The lowest BCUT2D eigenvalue weighted by atomic mass is 10.2. The van der Waals surface area contributed by atoms with Gasteiger partial charge < -0.3 is 0 Å². The molecule has 1 heterocycles. The van der Waals surface area contributed by atoms with Gasteiger partial charge in [-0.25, -0.2) is 4.98 Å². The molecule has 0 radical (unpaired) electrons. The smallest absolute Gasteiger partial charge is 0.298 e. The third-order valence-corrected chi connectivity index (χ3v) is 3.22. The molecule has 0 aliphatic carbocycles. The maximum atomic E-state index is 12.9. The van der Waals surface area contributed by atoms with Crippen molar-refractivity contribution in [2.45, 2.75) is 6.18 Å². The van der Waals surface area contributed by atoms with Crippen molar-refractivity contribution in [2.24, 2.45) is 0 Å². The number of fused-ring (bicyclic) bond motifs is 1. The number of anilines is 1. The Morgan fingerprint density at radius 1 is 0.958 bits per heavy atom. The first-order valence-electron chi connectivity index (χ1n) is 6.89. The minimum absolute atomic E-state index is 0.00862. The minimum Gasteiger partial charge on any atom is -0.298 e. The van der Waals surface area contributed by atoms with Gasteiger partial charge in [0, 0.05) is 0 Å². The van der Waals surface area contributed by atoms with Gasteiger partial charge >= 0.3 is 6.18 Å². The van der Waals surface area contributed by atoms with E-state index in [4.69, 9.17) is 0 Å². The van der Waals surface area contributed by atoms with Crippen LogP contribution in [0.25, 0.3) is 11.0 Å². The molecule has 122 valence electrons. The van der Waals surface area contributed by atoms with Crippen molar-refractivity contribution in [2.75, 3.05) is 5.43 Å². The van der Waals surface area contributed by atoms with Crippen LogP contribution in [0.3, 0.4) is 0 Å². The Labute approximate surface area is 134 Å². The molecular formula is C16H11F3N4O. The zero-order chi connectivity index (χ0) is 17.2. The standard InChI is InChI=1S/C16H11F3N4O/c17-16(18,19)10-5-1-2-6-11(10)22-23-15(24)14-9-20-12-7-3-4-8-13(12)21-14/h1-9,22H,(H,23,24). The number of aromatic nitrogens is 2. The number of rotatable bonds is 3. The first kappa shape index (κ1) is 15.7. The molecule has 1 amide bonds. The number of carbonyl (C=O) groups excluding carboxylic acids is 1. The van der Waals surface area contributed by atoms with Crippen LogP contribution in [-0.4, -0.2) is 15.9 Å². The number of para-hydroxylation sites is 3. The first-order chi connectivity index (χ1) is 11.4. The molecule has 0 saturated carbocycles. The number of hydrogen-bond donors (Lipinski definition) is 2. The predicted octanol–water partition coefficient (Wildman–Crippen LogP) is 3.41. The summed E-state index contributed by atoms with van der Waals surface area (Å²) in [6, 6.07) is 11.8. The van der Waals surface area contributed by atoms with E-state index < -0.39 is 17.6 Å². The summed E-state index contributed by atoms with van der Waals surface area (Å²) in [5.74, 6) is -0.690. The molecule has 0 bridgehead atoms. The Bertz CT molecular complexity index is 896. The number of hydrazine groups is 1. The van der Waals surface area contributed by atoms with Crippen molar-refractivity contribution in [3.63, 3.8) is 0 Å². The molecule has 0 saturated heterocycles. The molecule has 0 fully saturated rings. The van der Waals surface area contributed by atoms with Gasteiger partial charge in [-0.2, -0.15) is 13.2 Å². The highest BCUT2D eigenvalue weighted by Crippen LogP contribution is 2.34. The van der Waals surface area contributed by atoms with E-state index in [0.717, 1.165) is 6.07 Å². The molecule has 2 N–H and O–H groups in total. The Hall–Kier alpha value is -3.16. The summed E-state index contributed by atoms with van der Waals surface area (Å²) in [5.41, 5.74) is 4.46. The summed E-state index contributed by atoms with van der Waals surface area (Å²) >= 11 is 0. The topological polar surface area (TPSA) is 66.9 Å². The molecule has 2 aromatic carbocycles. The monoisotopic (exact) mass is 332 g/mol. The Morgan fingerprint density at radius 2 is 1.62 bits per heavy atom. The second kappa shape index (κ2) is 6.15. The number of halogens is 3. The summed E-state index contributed by atoms with van der Waals surface area (Å²) in [4.78, 5) is 20.3. The quantitative estimate of drug-likeness (QED) is 0.722. The summed E-state index contributed by atoms with van der Waals surface area (Å²) in [6.07, 6.45) is -3.27. The average molecular weight is 332 g/mol. The molecule has 0 spiro atoms. The van der Waals surface area contributed by atoms with Gasteiger partial charge in [-0.3, -0.25) is 20.6 Å². The van der Waals surface area contributed by atoms with Crippen LogP contribution in [-0.2, 0) is 6.18 Å². The van der Waals surface area contributed by atoms with E-state index in [1.165, 1.54) is 24.4 Å². The van der Waals surface area contributed by atoms with Crippen LogP contribution in [0.4, 0.5) is 18.9 Å². The maximum absolute atomic E-state index is 12.9. The van der Waals surface area contributed by atoms with Crippen LogP contribution in [0.5, 0.6) is 0 Å². The highest BCUT2D eigenvalue weighted by molar-refractivity contribution is 5.94.